The van der Waals surface area contributed by atoms with Gasteiger partial charge in [-0.25, -0.2) is 18.5 Å². The molecule has 0 saturated carbocycles. The molecular weight excluding hydrogens is 368 g/mol. The minimum Gasteiger partial charge on any atom is -0.493 e. The Kier molecular flexibility index (Phi) is 4.88. The summed E-state index contributed by atoms with van der Waals surface area (Å²) in [6, 6.07) is 6.54. The number of benzene rings is 1. The van der Waals surface area contributed by atoms with Gasteiger partial charge >= 0.3 is 0 Å². The number of fused-ring (bicyclic) bond motifs is 1. The lowest BCUT2D eigenvalue weighted by molar-refractivity contribution is 0.158. The third-order valence-electron chi connectivity index (χ3n) is 4.23. The predicted octanol–water partition coefficient (Wildman–Crippen LogP) is 2.52. The van der Waals surface area contributed by atoms with E-state index in [0.717, 1.165) is 0 Å². The van der Waals surface area contributed by atoms with Gasteiger partial charge in [-0.15, -0.1) is 0 Å². The molecular formula is C19H22N2O5S. The Labute approximate surface area is 158 Å². The van der Waals surface area contributed by atoms with Crippen molar-refractivity contribution >= 4 is 16.1 Å². The maximum absolute atomic E-state index is 12.0. The number of hydrogen-bond donors (Lipinski definition) is 1. The molecule has 2 heterocycles. The molecule has 0 aliphatic carbocycles. The first-order valence-corrected chi connectivity index (χ1v) is 9.84. The van der Waals surface area contributed by atoms with Gasteiger partial charge in [-0.1, -0.05) is 0 Å². The molecule has 0 spiro atoms. The lowest BCUT2D eigenvalue weighted by atomic mass is 10.0. The molecule has 2 N–H and O–H groups in total. The van der Waals surface area contributed by atoms with Crippen molar-refractivity contribution in [1.82, 2.24) is 4.98 Å². The van der Waals surface area contributed by atoms with Gasteiger partial charge in [-0.05, 0) is 50.3 Å². The van der Waals surface area contributed by atoms with Crippen molar-refractivity contribution < 1.29 is 22.6 Å². The Morgan fingerprint density at radius 3 is 2.52 bits per heavy atom. The molecule has 27 heavy (non-hydrogen) atoms. The van der Waals surface area contributed by atoms with Crippen molar-refractivity contribution in [2.75, 3.05) is 14.2 Å². The SMILES string of the molecule is COc1ccc(S(N)(=O)=O)c(Cc2ccc3c(n2)C=CC(C)(C)O3)c1OC. The summed E-state index contributed by atoms with van der Waals surface area (Å²) in [5, 5.41) is 5.39. The van der Waals surface area contributed by atoms with Crippen LogP contribution in [0.2, 0.25) is 0 Å². The first-order valence-electron chi connectivity index (χ1n) is 8.29. The molecule has 8 heteroatoms. The maximum Gasteiger partial charge on any atom is 0.238 e. The van der Waals surface area contributed by atoms with Gasteiger partial charge in [0.05, 0.1) is 19.1 Å². The molecule has 1 aliphatic heterocycles. The van der Waals surface area contributed by atoms with Gasteiger partial charge in [-0.3, -0.25) is 0 Å². The van der Waals surface area contributed by atoms with Gasteiger partial charge in [0.25, 0.3) is 0 Å². The number of pyridine rings is 1. The number of hydrogen-bond acceptors (Lipinski definition) is 6. The molecule has 1 aromatic heterocycles. The average molecular weight is 390 g/mol. The van der Waals surface area contributed by atoms with Crippen LogP contribution in [0.5, 0.6) is 17.2 Å². The van der Waals surface area contributed by atoms with Crippen molar-refractivity contribution in [3.8, 4) is 17.2 Å². The second-order valence-electron chi connectivity index (χ2n) is 6.72. The third kappa shape index (κ3) is 3.91. The van der Waals surface area contributed by atoms with Crippen molar-refractivity contribution in [1.29, 1.82) is 0 Å². The van der Waals surface area contributed by atoms with Gasteiger partial charge in [-0.2, -0.15) is 0 Å². The van der Waals surface area contributed by atoms with E-state index in [0.29, 0.717) is 34.2 Å². The first-order chi connectivity index (χ1) is 12.6. The smallest absolute Gasteiger partial charge is 0.238 e. The minimum atomic E-state index is -3.95. The number of nitrogens with two attached hydrogens (primary N) is 1. The Bertz CT molecular complexity index is 1010. The molecule has 0 unspecified atom stereocenters. The number of rotatable bonds is 5. The number of sulfonamides is 1. The van der Waals surface area contributed by atoms with E-state index in [-0.39, 0.29) is 11.3 Å². The average Bonchev–Trinajstić information content (AvgIpc) is 2.59. The van der Waals surface area contributed by atoms with Crippen LogP contribution in [0.15, 0.2) is 35.2 Å². The van der Waals surface area contributed by atoms with E-state index in [9.17, 15) is 8.42 Å². The molecule has 0 bridgehead atoms. The lowest BCUT2D eigenvalue weighted by Crippen LogP contribution is -2.27. The summed E-state index contributed by atoms with van der Waals surface area (Å²) in [5.74, 6) is 1.41. The number of methoxy groups -OCH3 is 2. The summed E-state index contributed by atoms with van der Waals surface area (Å²) >= 11 is 0. The van der Waals surface area contributed by atoms with E-state index in [1.807, 2.05) is 32.1 Å². The highest BCUT2D eigenvalue weighted by Gasteiger charge is 2.25. The molecule has 1 aromatic carbocycles. The zero-order valence-corrected chi connectivity index (χ0v) is 16.5. The monoisotopic (exact) mass is 390 g/mol. The van der Waals surface area contributed by atoms with Crippen LogP contribution in [0, 0.1) is 0 Å². The summed E-state index contributed by atoms with van der Waals surface area (Å²) in [5.41, 5.74) is 1.34. The Morgan fingerprint density at radius 2 is 1.89 bits per heavy atom. The number of primary sulfonamides is 1. The normalized spacial score (nSPS) is 15.0. The van der Waals surface area contributed by atoms with Gasteiger partial charge in [0.2, 0.25) is 10.0 Å². The first kappa shape index (κ1) is 19.2. The molecule has 0 amide bonds. The Balaban J connectivity index is 2.08. The Morgan fingerprint density at radius 1 is 1.15 bits per heavy atom. The molecule has 2 aromatic rings. The fraction of sp³-hybridized carbons (Fsp3) is 0.316. The van der Waals surface area contributed by atoms with Crippen molar-refractivity contribution in [3.63, 3.8) is 0 Å². The molecule has 0 fully saturated rings. The van der Waals surface area contributed by atoms with Crippen LogP contribution in [0.4, 0.5) is 0 Å². The predicted molar refractivity (Wildman–Crippen MR) is 102 cm³/mol. The molecule has 1 aliphatic rings. The van der Waals surface area contributed by atoms with Gasteiger partial charge in [0.1, 0.15) is 17.0 Å². The highest BCUT2D eigenvalue weighted by atomic mass is 32.2. The van der Waals surface area contributed by atoms with E-state index in [2.05, 4.69) is 4.98 Å². The number of aromatic nitrogens is 1. The van der Waals surface area contributed by atoms with Crippen LogP contribution in [-0.4, -0.2) is 33.2 Å². The Hall–Kier alpha value is -2.58. The van der Waals surface area contributed by atoms with Crippen LogP contribution < -0.4 is 19.3 Å². The second kappa shape index (κ2) is 6.86. The van der Waals surface area contributed by atoms with Crippen molar-refractivity contribution in [2.24, 2.45) is 5.14 Å². The van der Waals surface area contributed by atoms with E-state index < -0.39 is 15.6 Å². The van der Waals surface area contributed by atoms with E-state index in [1.165, 1.54) is 26.4 Å². The zero-order chi connectivity index (χ0) is 19.8. The topological polar surface area (TPSA) is 101 Å². The standard InChI is InChI=1S/C19H22N2O5S/c1-19(2)10-9-14-15(26-19)6-5-12(21-14)11-13-17(27(20,22)23)8-7-16(24-3)18(13)25-4/h5-10H,11H2,1-4H3,(H2,20,22,23). The van der Waals surface area contributed by atoms with Crippen LogP contribution in [-0.2, 0) is 16.4 Å². The van der Waals surface area contributed by atoms with Crippen LogP contribution in [0.3, 0.4) is 0 Å². The molecule has 0 atom stereocenters. The minimum absolute atomic E-state index is 0.0207. The highest BCUT2D eigenvalue weighted by Crippen LogP contribution is 2.37. The second-order valence-corrected chi connectivity index (χ2v) is 8.25. The highest BCUT2D eigenvalue weighted by molar-refractivity contribution is 7.89. The molecule has 0 radical (unpaired) electrons. The van der Waals surface area contributed by atoms with Crippen LogP contribution in [0.25, 0.3) is 6.08 Å². The summed E-state index contributed by atoms with van der Waals surface area (Å²) < 4.78 is 40.7. The van der Waals surface area contributed by atoms with Crippen molar-refractivity contribution in [3.05, 3.63) is 47.3 Å². The van der Waals surface area contributed by atoms with E-state index >= 15 is 0 Å². The van der Waals surface area contributed by atoms with Gasteiger partial charge in [0.15, 0.2) is 11.5 Å². The number of ether oxygens (including phenoxy) is 3. The van der Waals surface area contributed by atoms with E-state index in [1.54, 1.807) is 6.07 Å². The lowest BCUT2D eigenvalue weighted by Gasteiger charge is -2.27. The summed E-state index contributed by atoms with van der Waals surface area (Å²) in [6.07, 6.45) is 4.02. The van der Waals surface area contributed by atoms with Gasteiger partial charge in [0, 0.05) is 17.7 Å². The van der Waals surface area contributed by atoms with Crippen LogP contribution in [0.1, 0.15) is 30.8 Å². The van der Waals surface area contributed by atoms with Crippen molar-refractivity contribution in [2.45, 2.75) is 30.8 Å². The largest absolute Gasteiger partial charge is 0.493 e. The summed E-state index contributed by atoms with van der Waals surface area (Å²) in [4.78, 5) is 4.56. The van der Waals surface area contributed by atoms with Crippen LogP contribution >= 0.6 is 0 Å². The fourth-order valence-corrected chi connectivity index (χ4v) is 3.76. The molecule has 7 nitrogen and oxygen atoms in total. The third-order valence-corrected chi connectivity index (χ3v) is 5.22. The molecule has 0 saturated heterocycles. The van der Waals surface area contributed by atoms with E-state index in [4.69, 9.17) is 19.3 Å². The molecule has 144 valence electrons. The van der Waals surface area contributed by atoms with Gasteiger partial charge < -0.3 is 14.2 Å². The zero-order valence-electron chi connectivity index (χ0n) is 15.6. The number of nitrogens with zero attached hydrogens (tertiary/aromatic N) is 1. The maximum atomic E-state index is 12.0. The molecule has 3 rings (SSSR count). The quantitative estimate of drug-likeness (QED) is 0.842. The summed E-state index contributed by atoms with van der Waals surface area (Å²) in [7, 11) is -1.01. The fourth-order valence-electron chi connectivity index (χ4n) is 2.99. The summed E-state index contributed by atoms with van der Waals surface area (Å²) in [6.45, 7) is 3.92.